The van der Waals surface area contributed by atoms with Gasteiger partial charge in [-0.2, -0.15) is 4.31 Å². The van der Waals surface area contributed by atoms with Gasteiger partial charge in [-0.25, -0.2) is 8.42 Å². The topological polar surface area (TPSA) is 63.7 Å². The lowest BCUT2D eigenvalue weighted by atomic mass is 10.4. The maximum Gasteiger partial charge on any atom is 0.306 e. The Morgan fingerprint density at radius 2 is 1.95 bits per heavy atom. The van der Waals surface area contributed by atoms with E-state index in [1.807, 2.05) is 0 Å². The first kappa shape index (κ1) is 17.2. The number of sulfonamides is 1. The van der Waals surface area contributed by atoms with E-state index in [1.54, 1.807) is 6.92 Å². The zero-order valence-corrected chi connectivity index (χ0v) is 13.4. The van der Waals surface area contributed by atoms with Gasteiger partial charge in [0.2, 0.25) is 10.0 Å². The zero-order chi connectivity index (χ0) is 15.3. The standard InChI is InChI=1S/C12H15Cl2NO4S/c1-3-15(7-6-12(16)19-2)20(17,18)9-4-5-10(13)11(14)8-9/h4-5,8H,3,6-7H2,1-2H3. The zero-order valence-electron chi connectivity index (χ0n) is 11.1. The summed E-state index contributed by atoms with van der Waals surface area (Å²) >= 11 is 11.6. The predicted octanol–water partition coefficient (Wildman–Crippen LogP) is 2.57. The summed E-state index contributed by atoms with van der Waals surface area (Å²) in [5.74, 6) is -0.465. The first-order chi connectivity index (χ1) is 9.32. The van der Waals surface area contributed by atoms with E-state index in [9.17, 15) is 13.2 Å². The fourth-order valence-corrected chi connectivity index (χ4v) is 3.39. The van der Waals surface area contributed by atoms with Gasteiger partial charge in [0.15, 0.2) is 0 Å². The molecular weight excluding hydrogens is 325 g/mol. The fraction of sp³-hybridized carbons (Fsp3) is 0.417. The first-order valence-corrected chi connectivity index (χ1v) is 8.04. The second kappa shape index (κ2) is 7.26. The molecule has 0 radical (unpaired) electrons. The highest BCUT2D eigenvalue weighted by atomic mass is 35.5. The molecule has 0 bridgehead atoms. The molecule has 5 nitrogen and oxygen atoms in total. The van der Waals surface area contributed by atoms with Crippen molar-refractivity contribution in [3.05, 3.63) is 28.2 Å². The number of rotatable bonds is 6. The van der Waals surface area contributed by atoms with Crippen molar-refractivity contribution in [2.45, 2.75) is 18.2 Å². The van der Waals surface area contributed by atoms with Crippen LogP contribution < -0.4 is 0 Å². The molecule has 112 valence electrons. The van der Waals surface area contributed by atoms with Crippen LogP contribution in [0.1, 0.15) is 13.3 Å². The number of benzene rings is 1. The van der Waals surface area contributed by atoms with Crippen molar-refractivity contribution in [3.63, 3.8) is 0 Å². The Balaban J connectivity index is 2.99. The van der Waals surface area contributed by atoms with Crippen molar-refractivity contribution in [2.75, 3.05) is 20.2 Å². The number of methoxy groups -OCH3 is 1. The molecule has 0 heterocycles. The molecule has 0 fully saturated rings. The minimum Gasteiger partial charge on any atom is -0.469 e. The number of hydrogen-bond acceptors (Lipinski definition) is 4. The van der Waals surface area contributed by atoms with Crippen LogP contribution in [0.25, 0.3) is 0 Å². The second-order valence-electron chi connectivity index (χ2n) is 3.90. The number of carbonyl (C=O) groups excluding carboxylic acids is 1. The number of hydrogen-bond donors (Lipinski definition) is 0. The van der Waals surface area contributed by atoms with E-state index in [4.69, 9.17) is 23.2 Å². The highest BCUT2D eigenvalue weighted by Crippen LogP contribution is 2.26. The molecule has 0 atom stereocenters. The molecule has 0 saturated heterocycles. The second-order valence-corrected chi connectivity index (χ2v) is 6.65. The third-order valence-electron chi connectivity index (χ3n) is 2.67. The van der Waals surface area contributed by atoms with E-state index in [0.29, 0.717) is 0 Å². The molecule has 0 spiro atoms. The Labute approximate surface area is 128 Å². The van der Waals surface area contributed by atoms with Crippen LogP contribution in [0.2, 0.25) is 10.0 Å². The average Bonchev–Trinajstić information content (AvgIpc) is 2.41. The lowest BCUT2D eigenvalue weighted by molar-refractivity contribution is -0.140. The van der Waals surface area contributed by atoms with Gasteiger partial charge in [0.1, 0.15) is 0 Å². The monoisotopic (exact) mass is 339 g/mol. The summed E-state index contributed by atoms with van der Waals surface area (Å²) in [6.45, 7) is 1.97. The first-order valence-electron chi connectivity index (χ1n) is 5.85. The quantitative estimate of drug-likeness (QED) is 0.747. The molecule has 0 aliphatic carbocycles. The van der Waals surface area contributed by atoms with Gasteiger partial charge in [-0.3, -0.25) is 4.79 Å². The van der Waals surface area contributed by atoms with Crippen LogP contribution in [-0.2, 0) is 19.6 Å². The van der Waals surface area contributed by atoms with E-state index >= 15 is 0 Å². The van der Waals surface area contributed by atoms with Crippen molar-refractivity contribution in [1.82, 2.24) is 4.31 Å². The smallest absolute Gasteiger partial charge is 0.306 e. The summed E-state index contributed by atoms with van der Waals surface area (Å²) < 4.78 is 30.5. The molecule has 0 aromatic heterocycles. The van der Waals surface area contributed by atoms with Crippen LogP contribution in [0.4, 0.5) is 0 Å². The molecular formula is C12H15Cl2NO4S. The molecule has 20 heavy (non-hydrogen) atoms. The van der Waals surface area contributed by atoms with Crippen molar-refractivity contribution in [1.29, 1.82) is 0 Å². The molecule has 1 rings (SSSR count). The minimum atomic E-state index is -3.71. The minimum absolute atomic E-state index is 0.00904. The van der Waals surface area contributed by atoms with Crippen LogP contribution in [0.3, 0.4) is 0 Å². The lowest BCUT2D eigenvalue weighted by Gasteiger charge is -2.20. The molecule has 1 aromatic carbocycles. The Hall–Kier alpha value is -0.820. The van der Waals surface area contributed by atoms with Gasteiger partial charge in [0, 0.05) is 13.1 Å². The van der Waals surface area contributed by atoms with Crippen molar-refractivity contribution in [3.8, 4) is 0 Å². The fourth-order valence-electron chi connectivity index (χ4n) is 1.55. The molecule has 0 aliphatic rings. The number of ether oxygens (including phenoxy) is 1. The highest BCUT2D eigenvalue weighted by molar-refractivity contribution is 7.89. The van der Waals surface area contributed by atoms with Crippen molar-refractivity contribution in [2.24, 2.45) is 0 Å². The van der Waals surface area contributed by atoms with Crippen LogP contribution in [-0.4, -0.2) is 38.9 Å². The van der Waals surface area contributed by atoms with Crippen LogP contribution in [0.15, 0.2) is 23.1 Å². The van der Waals surface area contributed by atoms with Gasteiger partial charge in [0.25, 0.3) is 0 Å². The van der Waals surface area contributed by atoms with Gasteiger partial charge in [-0.1, -0.05) is 30.1 Å². The molecule has 0 amide bonds. The Bertz CT molecular complexity index is 589. The SMILES string of the molecule is CCN(CCC(=O)OC)S(=O)(=O)c1ccc(Cl)c(Cl)c1. The lowest BCUT2D eigenvalue weighted by Crippen LogP contribution is -2.33. The summed E-state index contributed by atoms with van der Waals surface area (Å²) in [7, 11) is -2.46. The maximum absolute atomic E-state index is 12.4. The Morgan fingerprint density at radius 3 is 2.45 bits per heavy atom. The van der Waals surface area contributed by atoms with Crippen LogP contribution in [0.5, 0.6) is 0 Å². The summed E-state index contributed by atoms with van der Waals surface area (Å²) in [5.41, 5.74) is 0. The number of esters is 1. The van der Waals surface area contributed by atoms with Gasteiger partial charge in [-0.05, 0) is 18.2 Å². The van der Waals surface area contributed by atoms with E-state index in [0.717, 1.165) is 0 Å². The van der Waals surface area contributed by atoms with Crippen molar-refractivity contribution < 1.29 is 17.9 Å². The van der Waals surface area contributed by atoms with Crippen molar-refractivity contribution >= 4 is 39.2 Å². The summed E-state index contributed by atoms with van der Waals surface area (Å²) in [4.78, 5) is 11.2. The van der Waals surface area contributed by atoms with Gasteiger partial charge >= 0.3 is 5.97 Å². The normalized spacial score (nSPS) is 11.7. The molecule has 8 heteroatoms. The van der Waals surface area contributed by atoms with E-state index in [2.05, 4.69) is 4.74 Å². The number of nitrogens with zero attached hydrogens (tertiary/aromatic N) is 1. The third kappa shape index (κ3) is 4.09. The number of carbonyl (C=O) groups is 1. The van der Waals surface area contributed by atoms with Gasteiger partial charge in [-0.15, -0.1) is 0 Å². The Kier molecular flexibility index (Phi) is 6.26. The Morgan fingerprint density at radius 1 is 1.30 bits per heavy atom. The van der Waals surface area contributed by atoms with E-state index in [1.165, 1.54) is 29.6 Å². The highest BCUT2D eigenvalue weighted by Gasteiger charge is 2.24. The molecule has 0 unspecified atom stereocenters. The average molecular weight is 340 g/mol. The number of halogens is 2. The van der Waals surface area contributed by atoms with Gasteiger partial charge < -0.3 is 4.74 Å². The van der Waals surface area contributed by atoms with E-state index < -0.39 is 16.0 Å². The van der Waals surface area contributed by atoms with Gasteiger partial charge in [0.05, 0.1) is 28.5 Å². The summed E-state index contributed by atoms with van der Waals surface area (Å²) in [6.07, 6.45) is -0.00904. The predicted molar refractivity (Wildman–Crippen MR) is 77.5 cm³/mol. The summed E-state index contributed by atoms with van der Waals surface area (Å²) in [6, 6.07) is 4.09. The molecule has 0 saturated carbocycles. The third-order valence-corrected chi connectivity index (χ3v) is 5.38. The largest absolute Gasteiger partial charge is 0.469 e. The van der Waals surface area contributed by atoms with E-state index in [-0.39, 0.29) is 34.5 Å². The molecule has 0 aliphatic heterocycles. The van der Waals surface area contributed by atoms with Crippen LogP contribution in [0, 0.1) is 0 Å². The summed E-state index contributed by atoms with van der Waals surface area (Å²) in [5, 5.41) is 0.444. The molecule has 1 aromatic rings. The molecule has 0 N–H and O–H groups in total. The maximum atomic E-state index is 12.4. The van der Waals surface area contributed by atoms with Crippen LogP contribution >= 0.6 is 23.2 Å².